The second kappa shape index (κ2) is 11.2. The minimum Gasteiger partial charge on any atom is -0.497 e. The normalized spacial score (nSPS) is 14.9. The molecular formula is C27H25N3O6. The lowest BCUT2D eigenvalue weighted by atomic mass is 10.1. The van der Waals surface area contributed by atoms with Gasteiger partial charge in [-0.05, 0) is 42.0 Å². The molecule has 4 amide bonds. The van der Waals surface area contributed by atoms with Crippen LogP contribution in [0.2, 0.25) is 0 Å². The minimum absolute atomic E-state index is 0.0127. The molecule has 1 heterocycles. The highest BCUT2D eigenvalue weighted by Gasteiger charge is 2.45. The summed E-state index contributed by atoms with van der Waals surface area (Å²) in [7, 11) is 1.51. The van der Waals surface area contributed by atoms with Gasteiger partial charge in [0.25, 0.3) is 11.8 Å². The van der Waals surface area contributed by atoms with Gasteiger partial charge in [0, 0.05) is 0 Å². The van der Waals surface area contributed by atoms with Crippen LogP contribution in [0.4, 0.5) is 5.69 Å². The van der Waals surface area contributed by atoms with Crippen LogP contribution in [0, 0.1) is 0 Å². The molecule has 1 aliphatic rings. The van der Waals surface area contributed by atoms with Gasteiger partial charge in [-0.2, -0.15) is 0 Å². The predicted octanol–water partition coefficient (Wildman–Crippen LogP) is 2.51. The molecule has 1 saturated heterocycles. The molecule has 0 bridgehead atoms. The number of nitrogens with one attached hydrogen (secondary N) is 1. The molecule has 9 heteroatoms. The number of hydrogen-bond acceptors (Lipinski definition) is 6. The van der Waals surface area contributed by atoms with Crippen molar-refractivity contribution in [3.63, 3.8) is 0 Å². The number of anilines is 1. The summed E-state index contributed by atoms with van der Waals surface area (Å²) in [4.78, 5) is 53.1. The van der Waals surface area contributed by atoms with Crippen molar-refractivity contribution in [3.05, 3.63) is 90.5 Å². The van der Waals surface area contributed by atoms with Gasteiger partial charge in [-0.25, -0.2) is 9.91 Å². The smallest absolute Gasteiger partial charge is 0.279 e. The third-order valence-corrected chi connectivity index (χ3v) is 5.59. The van der Waals surface area contributed by atoms with Crippen molar-refractivity contribution in [3.8, 4) is 11.5 Å². The molecule has 9 nitrogen and oxygen atoms in total. The van der Waals surface area contributed by atoms with Crippen LogP contribution >= 0.6 is 0 Å². The van der Waals surface area contributed by atoms with Crippen LogP contribution in [-0.4, -0.2) is 48.4 Å². The number of carbonyl (C=O) groups excluding carboxylic acids is 4. The number of rotatable bonds is 8. The monoisotopic (exact) mass is 487 g/mol. The van der Waals surface area contributed by atoms with E-state index in [9.17, 15) is 19.2 Å². The van der Waals surface area contributed by atoms with Gasteiger partial charge >= 0.3 is 0 Å². The van der Waals surface area contributed by atoms with Gasteiger partial charge in [0.15, 0.2) is 6.61 Å². The summed E-state index contributed by atoms with van der Waals surface area (Å²) in [6.45, 7) is -0.434. The highest BCUT2D eigenvalue weighted by molar-refractivity contribution is 6.23. The fourth-order valence-electron chi connectivity index (χ4n) is 3.82. The molecule has 36 heavy (non-hydrogen) atoms. The average molecular weight is 488 g/mol. The van der Waals surface area contributed by atoms with E-state index in [2.05, 4.69) is 5.43 Å². The average Bonchev–Trinajstić information content (AvgIpc) is 3.20. The van der Waals surface area contributed by atoms with E-state index in [1.165, 1.54) is 7.11 Å². The Hall–Kier alpha value is -4.66. The van der Waals surface area contributed by atoms with Crippen LogP contribution < -0.4 is 19.8 Å². The second-order valence-electron chi connectivity index (χ2n) is 8.05. The molecule has 1 aliphatic heterocycles. The molecule has 1 atom stereocenters. The van der Waals surface area contributed by atoms with Crippen molar-refractivity contribution in [2.45, 2.75) is 18.9 Å². The maximum Gasteiger partial charge on any atom is 0.279 e. The maximum atomic E-state index is 13.3. The number of carbonyl (C=O) groups is 4. The van der Waals surface area contributed by atoms with E-state index in [0.717, 1.165) is 15.5 Å². The number of ether oxygens (including phenoxy) is 2. The van der Waals surface area contributed by atoms with E-state index in [1.54, 1.807) is 78.9 Å². The SMILES string of the molecule is COc1ccc(N2C(=O)CC(N(NC(=O)Cc3ccccc3)C(=O)COc3ccccc3)C2=O)cc1. The first-order valence-corrected chi connectivity index (χ1v) is 11.3. The standard InChI is InChI=1S/C27H25N3O6/c1-35-21-14-12-20(13-15-21)29-25(32)17-23(27(29)34)30(26(33)18-36-22-10-6-3-7-11-22)28-24(31)16-19-8-4-2-5-9-19/h2-15,23H,16-18H2,1H3,(H,28,31). The number of para-hydroxylation sites is 1. The zero-order valence-electron chi connectivity index (χ0n) is 19.6. The second-order valence-corrected chi connectivity index (χ2v) is 8.05. The Morgan fingerprint density at radius 1 is 0.917 bits per heavy atom. The van der Waals surface area contributed by atoms with Crippen LogP contribution in [0.1, 0.15) is 12.0 Å². The van der Waals surface area contributed by atoms with E-state index in [1.807, 2.05) is 6.07 Å². The quantitative estimate of drug-likeness (QED) is 0.387. The minimum atomic E-state index is -1.22. The molecule has 0 saturated carbocycles. The summed E-state index contributed by atoms with van der Waals surface area (Å²) in [5, 5.41) is 0.915. The lowest BCUT2D eigenvalue weighted by molar-refractivity contribution is -0.148. The molecule has 0 spiro atoms. The Balaban J connectivity index is 1.54. The number of methoxy groups -OCH3 is 1. The number of imide groups is 1. The molecular weight excluding hydrogens is 462 g/mol. The van der Waals surface area contributed by atoms with Gasteiger partial charge in [0.1, 0.15) is 17.5 Å². The van der Waals surface area contributed by atoms with Gasteiger partial charge in [-0.15, -0.1) is 0 Å². The van der Waals surface area contributed by atoms with Gasteiger partial charge in [-0.1, -0.05) is 48.5 Å². The van der Waals surface area contributed by atoms with Crippen LogP contribution in [0.15, 0.2) is 84.9 Å². The van der Waals surface area contributed by atoms with Gasteiger partial charge in [-0.3, -0.25) is 24.6 Å². The van der Waals surface area contributed by atoms with E-state index in [0.29, 0.717) is 17.2 Å². The molecule has 0 radical (unpaired) electrons. The summed E-state index contributed by atoms with van der Waals surface area (Å²) >= 11 is 0. The van der Waals surface area contributed by atoms with Crippen molar-refractivity contribution >= 4 is 29.3 Å². The molecule has 0 aliphatic carbocycles. The van der Waals surface area contributed by atoms with Crippen LogP contribution in [0.25, 0.3) is 0 Å². The van der Waals surface area contributed by atoms with E-state index in [4.69, 9.17) is 9.47 Å². The molecule has 0 aromatic heterocycles. The summed E-state index contributed by atoms with van der Waals surface area (Å²) in [5.41, 5.74) is 3.61. The Bertz CT molecular complexity index is 1230. The van der Waals surface area contributed by atoms with Crippen molar-refractivity contribution in [2.24, 2.45) is 0 Å². The zero-order chi connectivity index (χ0) is 25.5. The first-order chi connectivity index (χ1) is 17.5. The largest absolute Gasteiger partial charge is 0.497 e. The lowest BCUT2D eigenvalue weighted by Crippen LogP contribution is -2.56. The Morgan fingerprint density at radius 2 is 1.56 bits per heavy atom. The third-order valence-electron chi connectivity index (χ3n) is 5.59. The topological polar surface area (TPSA) is 105 Å². The predicted molar refractivity (Wildman–Crippen MR) is 131 cm³/mol. The van der Waals surface area contributed by atoms with Crippen LogP contribution in [0.5, 0.6) is 11.5 Å². The highest BCUT2D eigenvalue weighted by Crippen LogP contribution is 2.27. The van der Waals surface area contributed by atoms with Gasteiger partial charge in [0.05, 0.1) is 25.6 Å². The number of nitrogens with zero attached hydrogens (tertiary/aromatic N) is 2. The summed E-state index contributed by atoms with van der Waals surface area (Å²) in [6.07, 6.45) is -0.297. The summed E-state index contributed by atoms with van der Waals surface area (Å²) in [5.74, 6) is -1.26. The van der Waals surface area contributed by atoms with Crippen molar-refractivity contribution in [2.75, 3.05) is 18.6 Å². The molecule has 1 unspecified atom stereocenters. The van der Waals surface area contributed by atoms with Crippen molar-refractivity contribution in [1.82, 2.24) is 10.4 Å². The summed E-state index contributed by atoms with van der Waals surface area (Å²) < 4.78 is 10.7. The lowest BCUT2D eigenvalue weighted by Gasteiger charge is -2.28. The Morgan fingerprint density at radius 3 is 2.19 bits per heavy atom. The van der Waals surface area contributed by atoms with Crippen molar-refractivity contribution < 1.29 is 28.7 Å². The van der Waals surface area contributed by atoms with Gasteiger partial charge < -0.3 is 9.47 Å². The van der Waals surface area contributed by atoms with E-state index < -0.39 is 36.3 Å². The number of hydrazine groups is 1. The molecule has 1 fully saturated rings. The third kappa shape index (κ3) is 5.69. The molecule has 1 N–H and O–H groups in total. The fourth-order valence-corrected chi connectivity index (χ4v) is 3.82. The van der Waals surface area contributed by atoms with Crippen LogP contribution in [-0.2, 0) is 25.6 Å². The fraction of sp³-hybridized carbons (Fsp3) is 0.185. The number of hydrogen-bond donors (Lipinski definition) is 1. The van der Waals surface area contributed by atoms with E-state index >= 15 is 0 Å². The van der Waals surface area contributed by atoms with Crippen LogP contribution in [0.3, 0.4) is 0 Å². The van der Waals surface area contributed by atoms with Crippen molar-refractivity contribution in [1.29, 1.82) is 0 Å². The zero-order valence-corrected chi connectivity index (χ0v) is 19.6. The number of amides is 4. The van der Waals surface area contributed by atoms with E-state index in [-0.39, 0.29) is 12.8 Å². The Kier molecular flexibility index (Phi) is 7.60. The van der Waals surface area contributed by atoms with Gasteiger partial charge in [0.2, 0.25) is 11.8 Å². The summed E-state index contributed by atoms with van der Waals surface area (Å²) in [6, 6.07) is 22.9. The molecule has 3 aromatic rings. The first kappa shape index (κ1) is 24.5. The molecule has 3 aromatic carbocycles. The maximum absolute atomic E-state index is 13.3. The molecule has 184 valence electrons. The Labute approximate surface area is 208 Å². The number of benzene rings is 3. The molecule has 4 rings (SSSR count). The highest BCUT2D eigenvalue weighted by atomic mass is 16.5. The first-order valence-electron chi connectivity index (χ1n) is 11.3.